The summed E-state index contributed by atoms with van der Waals surface area (Å²) >= 11 is 12.1. The quantitative estimate of drug-likeness (QED) is 0.372. The summed E-state index contributed by atoms with van der Waals surface area (Å²) in [5.41, 5.74) is 1.72. The monoisotopic (exact) mass is 455 g/mol. The summed E-state index contributed by atoms with van der Waals surface area (Å²) in [7, 11) is 0. The van der Waals surface area contributed by atoms with Crippen molar-refractivity contribution in [1.82, 2.24) is 4.90 Å². The number of fused-ring (bicyclic) bond motifs is 1. The van der Waals surface area contributed by atoms with Crippen molar-refractivity contribution in [3.8, 4) is 0 Å². The highest BCUT2D eigenvalue weighted by molar-refractivity contribution is 6.31. The highest BCUT2D eigenvalue weighted by Gasteiger charge is 2.43. The minimum absolute atomic E-state index is 0.165. The number of benzene rings is 2. The standard InChI is InChI=1S/C25H23Cl2NO3/c1-2-8-18(26)9-4-3-7-16-28-23(17-12-14-19(27)15-13-17)22(25(30)31)20-10-5-6-11-21(20)24(28)29/h2,4-6,8-15,22-23H,1,3,7,16H2,(H,30,31)/b9-4-,18-8+/t22-,23+/m0/s1. The second kappa shape index (κ2) is 10.5. The first-order chi connectivity index (χ1) is 14.9. The van der Waals surface area contributed by atoms with Gasteiger partial charge in [0, 0.05) is 22.2 Å². The zero-order valence-corrected chi connectivity index (χ0v) is 18.4. The fourth-order valence-electron chi connectivity index (χ4n) is 3.88. The van der Waals surface area contributed by atoms with Gasteiger partial charge in [0.25, 0.3) is 5.91 Å². The molecule has 160 valence electrons. The number of carboxylic acids is 1. The zero-order valence-electron chi connectivity index (χ0n) is 16.9. The molecule has 0 fully saturated rings. The molecule has 0 saturated heterocycles. The number of carbonyl (C=O) groups is 2. The Kier molecular flexibility index (Phi) is 7.72. The lowest BCUT2D eigenvalue weighted by atomic mass is 9.79. The van der Waals surface area contributed by atoms with Crippen LogP contribution in [0, 0.1) is 0 Å². The maximum absolute atomic E-state index is 13.3. The van der Waals surface area contributed by atoms with Gasteiger partial charge in [0.05, 0.1) is 6.04 Å². The van der Waals surface area contributed by atoms with Crippen LogP contribution in [0.2, 0.25) is 5.02 Å². The molecule has 0 bridgehead atoms. The lowest BCUT2D eigenvalue weighted by molar-refractivity contribution is -0.140. The van der Waals surface area contributed by atoms with Gasteiger partial charge in [-0.3, -0.25) is 9.59 Å². The fourth-order valence-corrected chi connectivity index (χ4v) is 4.18. The van der Waals surface area contributed by atoms with Gasteiger partial charge < -0.3 is 10.0 Å². The van der Waals surface area contributed by atoms with Gasteiger partial charge in [0.15, 0.2) is 0 Å². The Labute approximate surface area is 192 Å². The van der Waals surface area contributed by atoms with Crippen LogP contribution in [0.5, 0.6) is 0 Å². The third kappa shape index (κ3) is 5.27. The first-order valence-electron chi connectivity index (χ1n) is 9.97. The van der Waals surface area contributed by atoms with E-state index in [-0.39, 0.29) is 5.91 Å². The summed E-state index contributed by atoms with van der Waals surface area (Å²) in [4.78, 5) is 27.3. The first kappa shape index (κ1) is 22.9. The van der Waals surface area contributed by atoms with Crippen molar-refractivity contribution in [2.45, 2.75) is 24.8 Å². The maximum Gasteiger partial charge on any atom is 0.313 e. The van der Waals surface area contributed by atoms with Crippen molar-refractivity contribution in [2.24, 2.45) is 0 Å². The lowest BCUT2D eigenvalue weighted by Gasteiger charge is -2.41. The second-order valence-electron chi connectivity index (χ2n) is 7.23. The number of carboxylic acid groups (broad SMARTS) is 1. The van der Waals surface area contributed by atoms with Gasteiger partial charge in [-0.2, -0.15) is 0 Å². The molecular formula is C25H23Cl2NO3. The largest absolute Gasteiger partial charge is 0.481 e. The van der Waals surface area contributed by atoms with Gasteiger partial charge in [-0.1, -0.05) is 72.3 Å². The molecule has 4 nitrogen and oxygen atoms in total. The van der Waals surface area contributed by atoms with E-state index in [1.807, 2.05) is 6.08 Å². The topological polar surface area (TPSA) is 57.6 Å². The van der Waals surface area contributed by atoms with Gasteiger partial charge >= 0.3 is 5.97 Å². The number of hydrogen-bond acceptors (Lipinski definition) is 2. The predicted octanol–water partition coefficient (Wildman–Crippen LogP) is 6.35. The molecule has 2 aromatic carbocycles. The van der Waals surface area contributed by atoms with E-state index in [4.69, 9.17) is 23.2 Å². The third-order valence-corrected chi connectivity index (χ3v) is 5.74. The number of carbonyl (C=O) groups excluding carboxylic acids is 1. The van der Waals surface area contributed by atoms with Crippen LogP contribution in [-0.2, 0) is 4.79 Å². The summed E-state index contributed by atoms with van der Waals surface area (Å²) in [6, 6.07) is 13.3. The molecule has 2 aromatic rings. The van der Waals surface area contributed by atoms with Crippen LogP contribution in [0.4, 0.5) is 0 Å². The van der Waals surface area contributed by atoms with Crippen LogP contribution in [-0.4, -0.2) is 28.4 Å². The Balaban J connectivity index is 1.93. The average molecular weight is 456 g/mol. The average Bonchev–Trinajstić information content (AvgIpc) is 2.75. The van der Waals surface area contributed by atoms with Crippen molar-refractivity contribution in [1.29, 1.82) is 0 Å². The highest BCUT2D eigenvalue weighted by atomic mass is 35.5. The number of rotatable bonds is 8. The molecule has 1 aliphatic rings. The minimum Gasteiger partial charge on any atom is -0.481 e. The molecule has 0 aromatic heterocycles. The summed E-state index contributed by atoms with van der Waals surface area (Å²) in [6.45, 7) is 4.02. The summed E-state index contributed by atoms with van der Waals surface area (Å²) in [6.07, 6.45) is 8.37. The minimum atomic E-state index is -0.967. The third-order valence-electron chi connectivity index (χ3n) is 5.24. The second-order valence-corrected chi connectivity index (χ2v) is 8.10. The van der Waals surface area contributed by atoms with Crippen molar-refractivity contribution >= 4 is 35.1 Å². The van der Waals surface area contributed by atoms with E-state index in [1.54, 1.807) is 71.7 Å². The van der Waals surface area contributed by atoms with Crippen LogP contribution >= 0.6 is 23.2 Å². The van der Waals surface area contributed by atoms with Gasteiger partial charge in [-0.15, -0.1) is 0 Å². The Morgan fingerprint density at radius 1 is 1.16 bits per heavy atom. The number of aliphatic carboxylic acids is 1. The Morgan fingerprint density at radius 3 is 2.55 bits per heavy atom. The van der Waals surface area contributed by atoms with Crippen molar-refractivity contribution < 1.29 is 14.7 Å². The van der Waals surface area contributed by atoms with Gasteiger partial charge in [-0.05, 0) is 54.3 Å². The molecule has 1 heterocycles. The number of hydrogen-bond donors (Lipinski definition) is 1. The molecule has 1 amide bonds. The van der Waals surface area contributed by atoms with Crippen LogP contribution in [0.15, 0.2) is 84.4 Å². The van der Waals surface area contributed by atoms with Crippen molar-refractivity contribution in [3.63, 3.8) is 0 Å². The van der Waals surface area contributed by atoms with Crippen LogP contribution in [0.25, 0.3) is 0 Å². The highest BCUT2D eigenvalue weighted by Crippen LogP contribution is 2.43. The van der Waals surface area contributed by atoms with E-state index in [0.29, 0.717) is 40.6 Å². The van der Waals surface area contributed by atoms with Crippen molar-refractivity contribution in [2.75, 3.05) is 6.54 Å². The molecular weight excluding hydrogens is 433 g/mol. The van der Waals surface area contributed by atoms with Gasteiger partial charge in [-0.25, -0.2) is 0 Å². The molecule has 1 N–H and O–H groups in total. The zero-order chi connectivity index (χ0) is 22.4. The molecule has 1 aliphatic heterocycles. The van der Waals surface area contributed by atoms with Gasteiger partial charge in [0.1, 0.15) is 5.92 Å². The molecule has 31 heavy (non-hydrogen) atoms. The SMILES string of the molecule is C=C/C=C(Cl)\C=C/CCCN1C(=O)c2ccccc2[C@H](C(=O)O)[C@H]1c1ccc(Cl)cc1. The predicted molar refractivity (Wildman–Crippen MR) is 125 cm³/mol. The molecule has 3 rings (SSSR count). The van der Waals surface area contributed by atoms with Crippen LogP contribution < -0.4 is 0 Å². The first-order valence-corrected chi connectivity index (χ1v) is 10.7. The number of nitrogens with zero attached hydrogens (tertiary/aromatic N) is 1. The molecule has 2 atom stereocenters. The summed E-state index contributed by atoms with van der Waals surface area (Å²) in [5.74, 6) is -2.00. The normalized spacial score (nSPS) is 18.8. The summed E-state index contributed by atoms with van der Waals surface area (Å²) < 4.78 is 0. The number of amides is 1. The molecule has 0 unspecified atom stereocenters. The van der Waals surface area contributed by atoms with E-state index in [0.717, 1.165) is 5.56 Å². The number of unbranched alkanes of at least 4 members (excludes halogenated alkanes) is 1. The Morgan fingerprint density at radius 2 is 1.87 bits per heavy atom. The molecule has 0 saturated carbocycles. The fraction of sp³-hybridized carbons (Fsp3) is 0.200. The lowest BCUT2D eigenvalue weighted by Crippen LogP contribution is -2.45. The van der Waals surface area contributed by atoms with Crippen LogP contribution in [0.3, 0.4) is 0 Å². The van der Waals surface area contributed by atoms with E-state index < -0.39 is 17.9 Å². The number of halogens is 2. The molecule has 0 radical (unpaired) electrons. The van der Waals surface area contributed by atoms with Gasteiger partial charge in [0.2, 0.25) is 0 Å². The van der Waals surface area contributed by atoms with E-state index in [9.17, 15) is 14.7 Å². The maximum atomic E-state index is 13.3. The van der Waals surface area contributed by atoms with E-state index in [2.05, 4.69) is 6.58 Å². The van der Waals surface area contributed by atoms with Crippen molar-refractivity contribution in [3.05, 3.63) is 106 Å². The molecule has 0 aliphatic carbocycles. The number of allylic oxidation sites excluding steroid dienone is 5. The van der Waals surface area contributed by atoms with E-state index in [1.165, 1.54) is 0 Å². The molecule has 0 spiro atoms. The van der Waals surface area contributed by atoms with E-state index >= 15 is 0 Å². The van der Waals surface area contributed by atoms with Crippen LogP contribution in [0.1, 0.15) is 46.3 Å². The summed E-state index contributed by atoms with van der Waals surface area (Å²) in [5, 5.41) is 11.2. The Bertz CT molecular complexity index is 1030. The Hall–Kier alpha value is -2.82. The molecule has 6 heteroatoms. The smallest absolute Gasteiger partial charge is 0.313 e.